The summed E-state index contributed by atoms with van der Waals surface area (Å²) in [6, 6.07) is 8.58. The van der Waals surface area contributed by atoms with Crippen LogP contribution < -0.4 is 10.6 Å². The van der Waals surface area contributed by atoms with E-state index in [0.717, 1.165) is 23.1 Å². The molecule has 1 saturated heterocycles. The second-order valence-corrected chi connectivity index (χ2v) is 12.9. The Bertz CT molecular complexity index is 1770. The number of carbonyl (C=O) groups is 3. The normalized spacial score (nSPS) is 20.8. The number of fused-ring (bicyclic) bond motifs is 2. The first-order valence-corrected chi connectivity index (χ1v) is 15.1. The minimum Gasteiger partial charge on any atom is -0.348 e. The number of hydrogen-bond acceptors (Lipinski definition) is 7. The van der Waals surface area contributed by atoms with E-state index in [2.05, 4.69) is 53.5 Å². The fourth-order valence-corrected chi connectivity index (χ4v) is 6.23. The number of likely N-dealkylation sites (tertiary alicyclic amines) is 1. The third-order valence-corrected chi connectivity index (χ3v) is 8.76. The van der Waals surface area contributed by atoms with Crippen molar-refractivity contribution in [1.82, 2.24) is 34.9 Å². The van der Waals surface area contributed by atoms with Crippen molar-refractivity contribution >= 4 is 50.4 Å². The van der Waals surface area contributed by atoms with Gasteiger partial charge in [0, 0.05) is 35.4 Å². The van der Waals surface area contributed by atoms with Crippen LogP contribution in [0.2, 0.25) is 0 Å². The Kier molecular flexibility index (Phi) is 7.27. The zero-order valence-corrected chi connectivity index (χ0v) is 26.3. The quantitative estimate of drug-likeness (QED) is 0.284. The van der Waals surface area contributed by atoms with Crippen LogP contribution in [-0.4, -0.2) is 65.5 Å². The van der Waals surface area contributed by atoms with E-state index in [1.54, 1.807) is 22.0 Å². The van der Waals surface area contributed by atoms with Gasteiger partial charge in [-0.25, -0.2) is 15.0 Å². The number of nitrogens with zero attached hydrogens (tertiary/aromatic N) is 6. The Hall–Kier alpha value is -4.19. The number of anilines is 1. The molecule has 2 fully saturated rings. The molecule has 1 aliphatic heterocycles. The monoisotopic (exact) mass is 644 g/mol. The van der Waals surface area contributed by atoms with Gasteiger partial charge in [0.05, 0.1) is 5.52 Å². The summed E-state index contributed by atoms with van der Waals surface area (Å²) in [4.78, 5) is 55.4. The number of hydrogen-bond donors (Lipinski definition) is 2. The molecule has 1 aliphatic carbocycles. The number of pyridine rings is 1. The molecule has 12 heteroatoms. The van der Waals surface area contributed by atoms with Crippen molar-refractivity contribution < 1.29 is 14.4 Å². The van der Waals surface area contributed by atoms with Gasteiger partial charge in [0.1, 0.15) is 28.8 Å². The molecule has 4 aromatic rings. The number of amides is 3. The average Bonchev–Trinajstić information content (AvgIpc) is 3.32. The number of aromatic nitrogens is 5. The predicted octanol–water partition coefficient (Wildman–Crippen LogP) is 4.42. The van der Waals surface area contributed by atoms with Gasteiger partial charge in [0.25, 0.3) is 5.91 Å². The molecule has 2 aliphatic rings. The van der Waals surface area contributed by atoms with Gasteiger partial charge in [-0.15, -0.1) is 0 Å². The first-order valence-electron chi connectivity index (χ1n) is 14.3. The standard InChI is InChI=1S/C31H33BrN8O3/c1-16(2)35-30(43)27-21-10-19(20-13-33-18(4)34-14-20)7-8-22(21)39(38-27)15-26(41)40-23(11-31(5)12-24(31)40)29(42)37-28-17(3)6-9-25(32)36-28/h6-10,13-14,16,23-24H,11-12,15H2,1-5H3,(H,35,43)(H,36,37,42)/t23-,24+,31-/m0/s1. The van der Waals surface area contributed by atoms with Gasteiger partial charge in [0.15, 0.2) is 5.69 Å². The lowest BCUT2D eigenvalue weighted by Gasteiger charge is -2.27. The van der Waals surface area contributed by atoms with Gasteiger partial charge in [-0.2, -0.15) is 5.10 Å². The van der Waals surface area contributed by atoms with Crippen molar-refractivity contribution in [3.05, 3.63) is 64.4 Å². The molecule has 43 heavy (non-hydrogen) atoms. The highest BCUT2D eigenvalue weighted by atomic mass is 79.9. The van der Waals surface area contributed by atoms with E-state index in [9.17, 15) is 14.4 Å². The molecule has 222 valence electrons. The largest absolute Gasteiger partial charge is 0.348 e. The Labute approximate surface area is 257 Å². The van der Waals surface area contributed by atoms with Gasteiger partial charge < -0.3 is 15.5 Å². The third kappa shape index (κ3) is 5.51. The maximum absolute atomic E-state index is 13.9. The molecule has 3 atom stereocenters. The highest BCUT2D eigenvalue weighted by Crippen LogP contribution is 2.59. The van der Waals surface area contributed by atoms with Gasteiger partial charge in [-0.3, -0.25) is 19.1 Å². The van der Waals surface area contributed by atoms with Gasteiger partial charge in [-0.05, 0) is 91.2 Å². The zero-order valence-electron chi connectivity index (χ0n) is 24.7. The second kappa shape index (κ2) is 10.8. The smallest absolute Gasteiger partial charge is 0.272 e. The van der Waals surface area contributed by atoms with E-state index in [4.69, 9.17) is 0 Å². The fourth-order valence-electron chi connectivity index (χ4n) is 5.92. The first-order chi connectivity index (χ1) is 20.4. The van der Waals surface area contributed by atoms with E-state index < -0.39 is 6.04 Å². The number of aryl methyl sites for hydroxylation is 2. The Morgan fingerprint density at radius 1 is 1.07 bits per heavy atom. The number of nitrogens with one attached hydrogen (secondary N) is 2. The minimum atomic E-state index is -0.630. The second-order valence-electron chi connectivity index (χ2n) is 12.1. The molecule has 0 unspecified atom stereocenters. The topological polar surface area (TPSA) is 135 Å². The molecule has 1 saturated carbocycles. The SMILES string of the molecule is Cc1ncc(-c2ccc3c(c2)c(C(=O)NC(C)C)nn3CC(=O)N2[C@H](C(=O)Nc3nc(Br)ccc3C)C[C@@]3(C)C[C@@H]23)cn1. The molecule has 0 spiro atoms. The molecule has 0 bridgehead atoms. The van der Waals surface area contributed by atoms with Crippen molar-refractivity contribution in [2.24, 2.45) is 5.41 Å². The fraction of sp³-hybridized carbons (Fsp3) is 0.387. The van der Waals surface area contributed by atoms with Crippen molar-refractivity contribution in [2.75, 3.05) is 5.32 Å². The first kappa shape index (κ1) is 28.9. The molecule has 0 radical (unpaired) electrons. The number of piperidine rings is 1. The number of rotatable bonds is 7. The van der Waals surface area contributed by atoms with E-state index in [0.29, 0.717) is 33.6 Å². The van der Waals surface area contributed by atoms with Crippen molar-refractivity contribution in [2.45, 2.75) is 72.1 Å². The van der Waals surface area contributed by atoms with Crippen LogP contribution in [0, 0.1) is 19.3 Å². The summed E-state index contributed by atoms with van der Waals surface area (Å²) in [6.45, 7) is 9.46. The maximum Gasteiger partial charge on any atom is 0.272 e. The summed E-state index contributed by atoms with van der Waals surface area (Å²) < 4.78 is 2.18. The number of halogens is 1. The van der Waals surface area contributed by atoms with Crippen LogP contribution in [0.5, 0.6) is 0 Å². The molecule has 11 nitrogen and oxygen atoms in total. The van der Waals surface area contributed by atoms with Crippen LogP contribution >= 0.6 is 15.9 Å². The summed E-state index contributed by atoms with van der Waals surface area (Å²) in [6.07, 6.45) is 4.90. The molecular weight excluding hydrogens is 612 g/mol. The maximum atomic E-state index is 13.9. The van der Waals surface area contributed by atoms with Crippen molar-refractivity contribution in [3.63, 3.8) is 0 Å². The number of carbonyl (C=O) groups excluding carboxylic acids is 3. The molecule has 6 rings (SSSR count). The van der Waals surface area contributed by atoms with Gasteiger partial charge in [0.2, 0.25) is 11.8 Å². The van der Waals surface area contributed by atoms with E-state index in [-0.39, 0.29) is 47.5 Å². The van der Waals surface area contributed by atoms with Crippen molar-refractivity contribution in [1.29, 1.82) is 0 Å². The molecule has 1 aromatic carbocycles. The molecule has 2 N–H and O–H groups in total. The highest BCUT2D eigenvalue weighted by molar-refractivity contribution is 9.10. The summed E-state index contributed by atoms with van der Waals surface area (Å²) >= 11 is 3.36. The van der Waals surface area contributed by atoms with Crippen LogP contribution in [-0.2, 0) is 16.1 Å². The lowest BCUT2D eigenvalue weighted by Crippen LogP contribution is -2.47. The van der Waals surface area contributed by atoms with Gasteiger partial charge in [-0.1, -0.05) is 19.1 Å². The third-order valence-electron chi connectivity index (χ3n) is 8.32. The molecule has 4 heterocycles. The molecule has 3 amide bonds. The van der Waals surface area contributed by atoms with Crippen molar-refractivity contribution in [3.8, 4) is 11.1 Å². The van der Waals surface area contributed by atoms with Crippen LogP contribution in [0.1, 0.15) is 55.5 Å². The lowest BCUT2D eigenvalue weighted by molar-refractivity contribution is -0.138. The van der Waals surface area contributed by atoms with Crippen LogP contribution in [0.4, 0.5) is 5.82 Å². The van der Waals surface area contributed by atoms with Gasteiger partial charge >= 0.3 is 0 Å². The Morgan fingerprint density at radius 2 is 1.81 bits per heavy atom. The Morgan fingerprint density at radius 3 is 2.53 bits per heavy atom. The van der Waals surface area contributed by atoms with E-state index in [1.807, 2.05) is 58.0 Å². The molecular formula is C31H33BrN8O3. The van der Waals surface area contributed by atoms with Crippen LogP contribution in [0.3, 0.4) is 0 Å². The minimum absolute atomic E-state index is 0.0222. The van der Waals surface area contributed by atoms with E-state index in [1.165, 1.54) is 0 Å². The summed E-state index contributed by atoms with van der Waals surface area (Å²) in [7, 11) is 0. The van der Waals surface area contributed by atoms with Crippen LogP contribution in [0.15, 0.2) is 47.3 Å². The highest BCUT2D eigenvalue weighted by Gasteiger charge is 2.64. The lowest BCUT2D eigenvalue weighted by atomic mass is 10.0. The number of benzene rings is 1. The predicted molar refractivity (Wildman–Crippen MR) is 165 cm³/mol. The Balaban J connectivity index is 1.31. The summed E-state index contributed by atoms with van der Waals surface area (Å²) in [5.41, 5.74) is 3.24. The average molecular weight is 646 g/mol. The van der Waals surface area contributed by atoms with E-state index >= 15 is 0 Å². The summed E-state index contributed by atoms with van der Waals surface area (Å²) in [5.74, 6) is 0.320. The van der Waals surface area contributed by atoms with Crippen LogP contribution in [0.25, 0.3) is 22.0 Å². The summed E-state index contributed by atoms with van der Waals surface area (Å²) in [5, 5.41) is 11.1. The zero-order chi connectivity index (χ0) is 30.6. The molecule has 3 aromatic heterocycles.